The van der Waals surface area contributed by atoms with Crippen LogP contribution in [0.4, 0.5) is 0 Å². The Bertz CT molecular complexity index is 3250. The molecule has 26 N–H and O–H groups in total. The van der Waals surface area contributed by atoms with Crippen LogP contribution in [0.5, 0.6) is 0 Å². The second-order valence-electron chi connectivity index (χ2n) is 25.4. The van der Waals surface area contributed by atoms with Crippen LogP contribution < -0.4 is 87.2 Å². The van der Waals surface area contributed by atoms with E-state index < -0.39 is 187 Å². The van der Waals surface area contributed by atoms with Crippen LogP contribution in [0.1, 0.15) is 124 Å². The SMILES string of the molecule is CC[C@H](C)[C@H](NC(=O)CNC(=O)[C@H](Cc1c[nH]c2ccccc12)NC(=O)[C@H](CCCCN)NC(=O)[C@H](CC(N)=O)NC(=O)[C@H](CO)NC(=O)[C@H](CO)NC(=O)[C@H](Cc1cnc[nH]1)NC(=O)[C@@H](NC(=O)[C@@H](N)CCCN=C(N)N)[C@@H](C)CC)C(=O)N[C@@H](CC(C)C)C(=O)N[C@H](C(=O)O)C(C)C. The molecular formula is C64H104N20O16. The summed E-state index contributed by atoms with van der Waals surface area (Å²) in [5, 5.41) is 58.6. The number of guanidine groups is 1. The monoisotopic (exact) mass is 1410 g/mol. The molecule has 36 nitrogen and oxygen atoms in total. The number of aromatic nitrogens is 3. The van der Waals surface area contributed by atoms with Gasteiger partial charge in [-0.05, 0) is 80.4 Å². The predicted octanol–water partition coefficient (Wildman–Crippen LogP) is -5.11. The van der Waals surface area contributed by atoms with Gasteiger partial charge in [-0.3, -0.25) is 62.5 Å². The summed E-state index contributed by atoms with van der Waals surface area (Å²) < 4.78 is 0. The molecule has 0 aliphatic rings. The minimum Gasteiger partial charge on any atom is -0.480 e. The molecular weight excluding hydrogens is 1300 g/mol. The molecule has 556 valence electrons. The summed E-state index contributed by atoms with van der Waals surface area (Å²) in [4.78, 5) is 191. The van der Waals surface area contributed by atoms with Crippen molar-refractivity contribution < 1.29 is 77.6 Å². The van der Waals surface area contributed by atoms with Crippen molar-refractivity contribution in [2.75, 3.05) is 32.8 Å². The highest BCUT2D eigenvalue weighted by Crippen LogP contribution is 2.20. The highest BCUT2D eigenvalue weighted by molar-refractivity contribution is 6.00. The number of aromatic amines is 2. The molecule has 2 aromatic heterocycles. The maximum atomic E-state index is 14.6. The molecule has 12 amide bonds. The summed E-state index contributed by atoms with van der Waals surface area (Å²) in [7, 11) is 0. The van der Waals surface area contributed by atoms with Crippen LogP contribution in [0.3, 0.4) is 0 Å². The quantitative estimate of drug-likeness (QED) is 0.0143. The summed E-state index contributed by atoms with van der Waals surface area (Å²) in [6, 6.07) is -9.24. The van der Waals surface area contributed by atoms with Crippen molar-refractivity contribution in [3.63, 3.8) is 0 Å². The highest BCUT2D eigenvalue weighted by atomic mass is 16.4. The molecule has 0 bridgehead atoms. The average Bonchev–Trinajstić information content (AvgIpc) is 1.61. The number of carboxylic acids is 1. The number of carboxylic acid groups (broad SMARTS) is 1. The number of fused-ring (bicyclic) bond motifs is 1. The molecule has 0 radical (unpaired) electrons. The number of rotatable bonds is 46. The fourth-order valence-corrected chi connectivity index (χ4v) is 10.3. The molecule has 2 heterocycles. The molecule has 36 heteroatoms. The first-order valence-corrected chi connectivity index (χ1v) is 33.4. The number of aliphatic carboxylic acids is 1. The molecule has 0 saturated carbocycles. The number of hydrogen-bond donors (Lipinski definition) is 21. The first-order valence-electron chi connectivity index (χ1n) is 33.4. The molecule has 1 aromatic carbocycles. The molecule has 3 rings (SSSR count). The van der Waals surface area contributed by atoms with Crippen LogP contribution in [0.2, 0.25) is 0 Å². The van der Waals surface area contributed by atoms with Gasteiger partial charge in [0, 0.05) is 48.4 Å². The van der Waals surface area contributed by atoms with Crippen LogP contribution in [0.25, 0.3) is 10.9 Å². The smallest absolute Gasteiger partial charge is 0.326 e. The number of H-pyrrole nitrogens is 2. The van der Waals surface area contributed by atoms with Gasteiger partial charge in [0.2, 0.25) is 70.9 Å². The number of para-hydroxylation sites is 1. The minimum absolute atomic E-state index is 0.120. The number of hydrogen-bond acceptors (Lipinski definition) is 19. The van der Waals surface area contributed by atoms with Gasteiger partial charge >= 0.3 is 5.97 Å². The number of nitrogens with one attached hydrogen (secondary N) is 13. The Hall–Kier alpha value is -9.81. The van der Waals surface area contributed by atoms with E-state index in [1.165, 1.54) is 12.5 Å². The van der Waals surface area contributed by atoms with Gasteiger partial charge in [-0.15, -0.1) is 0 Å². The topological polar surface area (TPSA) is 602 Å². The Kier molecular flexibility index (Phi) is 36.2. The number of primary amides is 1. The zero-order chi connectivity index (χ0) is 74.9. The molecule has 0 aliphatic carbocycles. The molecule has 0 unspecified atom stereocenters. The number of unbranched alkanes of at least 4 members (excludes halogenated alkanes) is 1. The van der Waals surface area contributed by atoms with Gasteiger partial charge in [-0.2, -0.15) is 0 Å². The molecule has 13 atom stereocenters. The van der Waals surface area contributed by atoms with Crippen molar-refractivity contribution in [1.29, 1.82) is 0 Å². The van der Waals surface area contributed by atoms with E-state index >= 15 is 0 Å². The lowest BCUT2D eigenvalue weighted by Gasteiger charge is -2.28. The van der Waals surface area contributed by atoms with Crippen molar-refractivity contribution in [3.05, 3.63) is 54.2 Å². The van der Waals surface area contributed by atoms with E-state index in [4.69, 9.17) is 28.7 Å². The Balaban J connectivity index is 1.86. The van der Waals surface area contributed by atoms with Gasteiger partial charge in [-0.25, -0.2) is 9.78 Å². The third-order valence-electron chi connectivity index (χ3n) is 16.5. The summed E-state index contributed by atoms with van der Waals surface area (Å²) in [5.74, 6) is -14.7. The van der Waals surface area contributed by atoms with Gasteiger partial charge in [0.25, 0.3) is 0 Å². The molecule has 0 spiro atoms. The maximum Gasteiger partial charge on any atom is 0.326 e. The average molecular weight is 1410 g/mol. The predicted molar refractivity (Wildman–Crippen MR) is 366 cm³/mol. The van der Waals surface area contributed by atoms with E-state index in [-0.39, 0.29) is 63.5 Å². The third kappa shape index (κ3) is 28.2. The second kappa shape index (κ2) is 42.9. The summed E-state index contributed by atoms with van der Waals surface area (Å²) in [5.41, 5.74) is 29.7. The number of imidazole rings is 1. The number of nitrogens with two attached hydrogens (primary N) is 5. The van der Waals surface area contributed by atoms with Gasteiger partial charge in [-0.1, -0.05) is 86.4 Å². The first-order chi connectivity index (χ1) is 47.3. The Labute approximate surface area is 579 Å². The van der Waals surface area contributed by atoms with Gasteiger partial charge in [0.15, 0.2) is 5.96 Å². The van der Waals surface area contributed by atoms with Gasteiger partial charge in [0.05, 0.1) is 38.5 Å². The fraction of sp³-hybridized carbons (Fsp3) is 0.609. The summed E-state index contributed by atoms with van der Waals surface area (Å²) in [6.07, 6.45) is 4.61. The lowest BCUT2D eigenvalue weighted by molar-refractivity contribution is -0.143. The number of nitrogens with zero attached hydrogens (tertiary/aromatic N) is 2. The zero-order valence-electron chi connectivity index (χ0n) is 57.9. The van der Waals surface area contributed by atoms with Crippen molar-refractivity contribution in [1.82, 2.24) is 73.4 Å². The molecule has 0 fully saturated rings. The van der Waals surface area contributed by atoms with Crippen LogP contribution >= 0.6 is 0 Å². The van der Waals surface area contributed by atoms with Crippen molar-refractivity contribution in [3.8, 4) is 0 Å². The minimum atomic E-state index is -1.96. The van der Waals surface area contributed by atoms with Crippen LogP contribution in [-0.4, -0.2) is 212 Å². The van der Waals surface area contributed by atoms with E-state index in [0.29, 0.717) is 47.8 Å². The lowest BCUT2D eigenvalue weighted by atomic mass is 9.96. The Morgan fingerprint density at radius 1 is 0.560 bits per heavy atom. The van der Waals surface area contributed by atoms with E-state index in [0.717, 1.165) is 0 Å². The van der Waals surface area contributed by atoms with Crippen molar-refractivity contribution in [2.45, 2.75) is 192 Å². The van der Waals surface area contributed by atoms with E-state index in [9.17, 15) is 77.6 Å². The third-order valence-corrected chi connectivity index (χ3v) is 16.5. The number of amides is 12. The normalized spacial score (nSPS) is 15.2. The Morgan fingerprint density at radius 3 is 1.61 bits per heavy atom. The summed E-state index contributed by atoms with van der Waals surface area (Å²) in [6.45, 7) is 11.0. The molecule has 0 saturated heterocycles. The number of aliphatic hydroxyl groups excluding tert-OH is 2. The summed E-state index contributed by atoms with van der Waals surface area (Å²) >= 11 is 0. The second-order valence-corrected chi connectivity index (χ2v) is 25.4. The van der Waals surface area contributed by atoms with Crippen LogP contribution in [0, 0.1) is 23.7 Å². The zero-order valence-corrected chi connectivity index (χ0v) is 57.9. The van der Waals surface area contributed by atoms with Gasteiger partial charge in [0.1, 0.15) is 60.4 Å². The number of benzene rings is 1. The molecule has 0 aliphatic heterocycles. The maximum absolute atomic E-state index is 14.6. The fourth-order valence-electron chi connectivity index (χ4n) is 10.3. The lowest BCUT2D eigenvalue weighted by Crippen LogP contribution is -2.62. The molecule has 3 aromatic rings. The van der Waals surface area contributed by atoms with E-state index in [2.05, 4.69) is 78.4 Å². The molecule has 100 heavy (non-hydrogen) atoms. The van der Waals surface area contributed by atoms with Gasteiger partial charge < -0.3 is 112 Å². The number of carbonyl (C=O) groups is 13. The van der Waals surface area contributed by atoms with Crippen LogP contribution in [0.15, 0.2) is 48.0 Å². The standard InChI is InChI=1S/C64H104N20O16/c1-9-34(7)51(61(97)78-42(22-32(3)4)58(94)83-50(33(5)6)63(99)100)82-49(88)28-73-54(90)43(23-36-26-72-40-18-12-11-16-38(36)40)76-55(91)41(19-13-14-20-65)75-57(93)45(25-48(67)87)77-59(95)46(29-85)81-60(96)47(30-86)80-56(92)44(24-37-27-70-31-74-37)79-62(98)52(35(8)10-2)84-53(89)39(66)17-15-21-71-64(68)69/h11-12,16,18,26-27,31-35,39,41-47,50-52,72,85-86H,9-10,13-15,17,19-25,28-30,65-66H2,1-8H3,(H2,67,87)(H,70,74)(H,73,90)(H,75,93)(H,76,91)(H,77,95)(H,78,97)(H,79,98)(H,80,92)(H,81,96)(H,82,88)(H,83,94)(H,84,89)(H,99,100)(H4,68,69,71)/t34-,35-,39-,41-,42-,43-,44-,45-,46-,47-,50-,51-,52-/m0/s1. The van der Waals surface area contributed by atoms with Crippen molar-refractivity contribution in [2.24, 2.45) is 57.3 Å². The number of carbonyl (C=O) groups excluding carboxylic acids is 12. The first kappa shape index (κ1) is 84.4. The number of aliphatic hydroxyl groups is 2. The Morgan fingerprint density at radius 2 is 1.07 bits per heavy atom. The number of aliphatic imine (C=N–C) groups is 1. The largest absolute Gasteiger partial charge is 0.480 e. The van der Waals surface area contributed by atoms with E-state index in [1.54, 1.807) is 85.9 Å². The van der Waals surface area contributed by atoms with E-state index in [1.807, 2.05) is 0 Å². The highest BCUT2D eigenvalue weighted by Gasteiger charge is 2.38. The van der Waals surface area contributed by atoms with Crippen molar-refractivity contribution >= 4 is 93.7 Å². The van der Waals surface area contributed by atoms with Crippen LogP contribution in [-0.2, 0) is 75.2 Å².